The molecule has 1 aliphatic carbocycles. The first kappa shape index (κ1) is 18.4. The van der Waals surface area contributed by atoms with E-state index >= 15 is 0 Å². The van der Waals surface area contributed by atoms with Crippen LogP contribution in [0.25, 0.3) is 0 Å². The summed E-state index contributed by atoms with van der Waals surface area (Å²) >= 11 is 0. The highest BCUT2D eigenvalue weighted by Gasteiger charge is 2.46. The summed E-state index contributed by atoms with van der Waals surface area (Å²) in [6.07, 6.45) is -1.33. The maximum absolute atomic E-state index is 11.4. The number of aliphatic hydroxyl groups is 2. The van der Waals surface area contributed by atoms with Crippen LogP contribution >= 0.6 is 0 Å². The van der Waals surface area contributed by atoms with Gasteiger partial charge in [0.05, 0.1) is 30.5 Å². The monoisotopic (exact) mass is 303 g/mol. The van der Waals surface area contributed by atoms with Gasteiger partial charge in [0.15, 0.2) is 0 Å². The Morgan fingerprint density at radius 1 is 1.24 bits per heavy atom. The lowest BCUT2D eigenvalue weighted by Gasteiger charge is -2.45. The second-order valence-corrected chi connectivity index (χ2v) is 6.27. The van der Waals surface area contributed by atoms with Gasteiger partial charge in [0.2, 0.25) is 5.91 Å². The molecule has 1 amide bonds. The van der Waals surface area contributed by atoms with Crippen molar-refractivity contribution in [1.29, 1.82) is 0 Å². The van der Waals surface area contributed by atoms with E-state index in [4.69, 9.17) is 9.47 Å². The molecule has 0 heterocycles. The molecule has 0 spiro atoms. The van der Waals surface area contributed by atoms with E-state index in [1.807, 2.05) is 27.7 Å². The molecule has 124 valence electrons. The van der Waals surface area contributed by atoms with Crippen molar-refractivity contribution < 1.29 is 24.5 Å². The number of hydrogen-bond acceptors (Lipinski definition) is 5. The Bertz CT molecular complexity index is 334. The minimum atomic E-state index is -0.911. The Kier molecular flexibility index (Phi) is 7.06. The zero-order valence-corrected chi connectivity index (χ0v) is 13.6. The molecule has 3 N–H and O–H groups in total. The summed E-state index contributed by atoms with van der Waals surface area (Å²) in [7, 11) is 0. The van der Waals surface area contributed by atoms with Gasteiger partial charge in [-0.3, -0.25) is 4.79 Å². The van der Waals surface area contributed by atoms with Crippen molar-refractivity contribution in [2.75, 3.05) is 6.61 Å². The van der Waals surface area contributed by atoms with Crippen LogP contribution in [0.1, 0.15) is 41.0 Å². The van der Waals surface area contributed by atoms with E-state index in [1.54, 1.807) is 0 Å². The van der Waals surface area contributed by atoms with E-state index < -0.39 is 18.2 Å². The van der Waals surface area contributed by atoms with Gasteiger partial charge in [-0.1, -0.05) is 0 Å². The number of carbonyl (C=O) groups is 1. The lowest BCUT2D eigenvalue weighted by molar-refractivity contribution is -0.173. The molecule has 6 nitrogen and oxygen atoms in total. The molecule has 5 atom stereocenters. The van der Waals surface area contributed by atoms with Gasteiger partial charge in [0, 0.05) is 19.4 Å². The lowest BCUT2D eigenvalue weighted by Crippen LogP contribution is -2.62. The quantitative estimate of drug-likeness (QED) is 0.663. The maximum atomic E-state index is 11.4. The van der Waals surface area contributed by atoms with Gasteiger partial charge >= 0.3 is 0 Å². The SMILES string of the molecule is CC(=O)NC1C(O)[C@H](OC(C)C)C(CO)C[C@H]1OC(C)C. The molecule has 1 aliphatic rings. The van der Waals surface area contributed by atoms with Crippen LogP contribution in [0.2, 0.25) is 0 Å². The third-order valence-electron chi connectivity index (χ3n) is 3.59. The van der Waals surface area contributed by atoms with Crippen LogP contribution in [0.3, 0.4) is 0 Å². The molecule has 0 bridgehead atoms. The zero-order valence-electron chi connectivity index (χ0n) is 13.6. The molecule has 6 heteroatoms. The normalized spacial score (nSPS) is 33.5. The van der Waals surface area contributed by atoms with Gasteiger partial charge in [-0.15, -0.1) is 0 Å². The van der Waals surface area contributed by atoms with Crippen LogP contribution in [0.15, 0.2) is 0 Å². The summed E-state index contributed by atoms with van der Waals surface area (Å²) in [5.74, 6) is -0.432. The standard InChI is InChI=1S/C15H29NO5/c1-8(2)20-12-6-11(7-17)15(21-9(3)4)14(19)13(12)16-10(5)18/h8-9,11-15,17,19H,6-7H2,1-5H3,(H,16,18)/t11?,12-,13?,14?,15-/m1/s1. The Labute approximate surface area is 126 Å². The molecule has 0 radical (unpaired) electrons. The largest absolute Gasteiger partial charge is 0.396 e. The minimum absolute atomic E-state index is 0.0274. The smallest absolute Gasteiger partial charge is 0.217 e. The highest BCUT2D eigenvalue weighted by Crippen LogP contribution is 2.31. The maximum Gasteiger partial charge on any atom is 0.217 e. The first-order valence-corrected chi connectivity index (χ1v) is 7.63. The lowest BCUT2D eigenvalue weighted by atomic mass is 9.79. The number of nitrogens with one attached hydrogen (secondary N) is 1. The van der Waals surface area contributed by atoms with E-state index in [0.717, 1.165) is 0 Å². The Morgan fingerprint density at radius 2 is 1.81 bits per heavy atom. The molecule has 21 heavy (non-hydrogen) atoms. The molecular formula is C15H29NO5. The molecule has 0 saturated heterocycles. The number of hydrogen-bond donors (Lipinski definition) is 3. The van der Waals surface area contributed by atoms with Gasteiger partial charge in [0.25, 0.3) is 0 Å². The predicted molar refractivity (Wildman–Crippen MR) is 78.8 cm³/mol. The van der Waals surface area contributed by atoms with Crippen LogP contribution in [-0.2, 0) is 14.3 Å². The number of ether oxygens (including phenoxy) is 2. The topological polar surface area (TPSA) is 88.0 Å². The molecule has 0 aromatic rings. The van der Waals surface area contributed by atoms with E-state index in [-0.39, 0.29) is 36.7 Å². The Balaban J connectivity index is 2.94. The number of carbonyl (C=O) groups excluding carboxylic acids is 1. The summed E-state index contributed by atoms with van der Waals surface area (Å²) in [6, 6.07) is -0.531. The third kappa shape index (κ3) is 5.21. The van der Waals surface area contributed by atoms with Gasteiger partial charge in [-0.05, 0) is 34.1 Å². The van der Waals surface area contributed by atoms with Crippen molar-refractivity contribution in [1.82, 2.24) is 5.32 Å². The minimum Gasteiger partial charge on any atom is -0.396 e. The Hall–Kier alpha value is -0.690. The van der Waals surface area contributed by atoms with E-state index in [1.165, 1.54) is 6.92 Å². The van der Waals surface area contributed by atoms with Crippen molar-refractivity contribution in [3.8, 4) is 0 Å². The van der Waals surface area contributed by atoms with Crippen LogP contribution in [0.5, 0.6) is 0 Å². The highest BCUT2D eigenvalue weighted by atomic mass is 16.5. The molecule has 0 aromatic carbocycles. The van der Waals surface area contributed by atoms with Crippen LogP contribution in [0, 0.1) is 5.92 Å². The average molecular weight is 303 g/mol. The average Bonchev–Trinajstić information content (AvgIpc) is 2.35. The molecule has 1 fully saturated rings. The summed E-state index contributed by atoms with van der Waals surface area (Å²) in [5, 5.41) is 22.9. The van der Waals surface area contributed by atoms with E-state index in [0.29, 0.717) is 6.42 Å². The fourth-order valence-electron chi connectivity index (χ4n) is 2.87. The van der Waals surface area contributed by atoms with Crippen molar-refractivity contribution in [3.05, 3.63) is 0 Å². The van der Waals surface area contributed by atoms with Gasteiger partial charge in [0.1, 0.15) is 6.10 Å². The summed E-state index contributed by atoms with van der Waals surface area (Å²) in [5.41, 5.74) is 0. The molecule has 1 rings (SSSR count). The van der Waals surface area contributed by atoms with Crippen molar-refractivity contribution in [2.24, 2.45) is 5.92 Å². The number of rotatable bonds is 6. The fourth-order valence-corrected chi connectivity index (χ4v) is 2.87. The van der Waals surface area contributed by atoms with Gasteiger partial charge in [-0.2, -0.15) is 0 Å². The Morgan fingerprint density at radius 3 is 2.24 bits per heavy atom. The summed E-state index contributed by atoms with van der Waals surface area (Å²) in [6.45, 7) is 8.90. The molecule has 3 unspecified atom stereocenters. The van der Waals surface area contributed by atoms with Crippen LogP contribution < -0.4 is 5.32 Å². The van der Waals surface area contributed by atoms with Gasteiger partial charge in [-0.25, -0.2) is 0 Å². The number of aliphatic hydroxyl groups excluding tert-OH is 2. The predicted octanol–water partition coefficient (Wildman–Crippen LogP) is 0.451. The van der Waals surface area contributed by atoms with Crippen molar-refractivity contribution in [3.63, 3.8) is 0 Å². The molecule has 1 saturated carbocycles. The molecule has 0 aliphatic heterocycles. The van der Waals surface area contributed by atoms with E-state index in [9.17, 15) is 15.0 Å². The first-order chi connectivity index (χ1) is 9.76. The second-order valence-electron chi connectivity index (χ2n) is 6.27. The van der Waals surface area contributed by atoms with Gasteiger partial charge < -0.3 is 25.0 Å². The van der Waals surface area contributed by atoms with Crippen LogP contribution in [0.4, 0.5) is 0 Å². The first-order valence-electron chi connectivity index (χ1n) is 7.63. The zero-order chi connectivity index (χ0) is 16.2. The third-order valence-corrected chi connectivity index (χ3v) is 3.59. The second kappa shape index (κ2) is 8.08. The van der Waals surface area contributed by atoms with E-state index in [2.05, 4.69) is 5.32 Å². The van der Waals surface area contributed by atoms with Crippen molar-refractivity contribution in [2.45, 2.75) is 77.6 Å². The molecule has 0 aromatic heterocycles. The summed E-state index contributed by atoms with van der Waals surface area (Å²) in [4.78, 5) is 11.4. The van der Waals surface area contributed by atoms with Crippen LogP contribution in [-0.4, -0.2) is 59.3 Å². The van der Waals surface area contributed by atoms with Crippen molar-refractivity contribution >= 4 is 5.91 Å². The fraction of sp³-hybridized carbons (Fsp3) is 0.933. The highest BCUT2D eigenvalue weighted by molar-refractivity contribution is 5.73. The molecular weight excluding hydrogens is 274 g/mol. The number of amides is 1. The summed E-state index contributed by atoms with van der Waals surface area (Å²) < 4.78 is 11.6.